The van der Waals surface area contributed by atoms with Crippen LogP contribution in [0.1, 0.15) is 11.1 Å². The van der Waals surface area contributed by atoms with Gasteiger partial charge in [0.2, 0.25) is 0 Å². The normalized spacial score (nSPS) is 11.2. The zero-order valence-corrected chi connectivity index (χ0v) is 19.2. The first kappa shape index (κ1) is 21.5. The Morgan fingerprint density at radius 3 is 2.22 bits per heavy atom. The number of benzene rings is 2. The quantitative estimate of drug-likeness (QED) is 0.401. The molecule has 0 saturated carbocycles. The van der Waals surface area contributed by atoms with Crippen LogP contribution in [0.2, 0.25) is 5.02 Å². The molecule has 0 spiro atoms. The Balaban J connectivity index is 1.71. The summed E-state index contributed by atoms with van der Waals surface area (Å²) in [7, 11) is 0. The van der Waals surface area contributed by atoms with Crippen molar-refractivity contribution < 1.29 is 0 Å². The average Bonchev–Trinajstić information content (AvgIpc) is 3.44. The van der Waals surface area contributed by atoms with E-state index in [0.717, 1.165) is 16.7 Å². The minimum absolute atomic E-state index is 0.145. The van der Waals surface area contributed by atoms with Crippen molar-refractivity contribution in [2.24, 2.45) is 0 Å². The number of nitrogens with zero attached hydrogens (tertiary/aromatic N) is 7. The molecule has 11 heteroatoms. The molecule has 0 aliphatic carbocycles. The third-order valence-corrected chi connectivity index (χ3v) is 6.13. The topological polar surface area (TPSA) is 126 Å². The van der Waals surface area contributed by atoms with Crippen LogP contribution in [-0.2, 0) is 6.54 Å². The van der Waals surface area contributed by atoms with Gasteiger partial charge in [-0.05, 0) is 53.1 Å². The molecule has 2 aromatic carbocycles. The highest BCUT2D eigenvalue weighted by atomic mass is 35.5. The number of fused-ring (bicyclic) bond motifs is 3. The first-order valence-corrected chi connectivity index (χ1v) is 11.2. The second kappa shape index (κ2) is 8.33. The highest BCUT2D eigenvalue weighted by Crippen LogP contribution is 2.37. The number of nitriles is 1. The fourth-order valence-electron chi connectivity index (χ4n) is 4.24. The number of rotatable bonds is 4. The van der Waals surface area contributed by atoms with Crippen LogP contribution in [-0.4, -0.2) is 34.0 Å². The molecule has 0 unspecified atom stereocenters. The van der Waals surface area contributed by atoms with Crippen LogP contribution in [0.3, 0.4) is 0 Å². The predicted octanol–water partition coefficient (Wildman–Crippen LogP) is 3.13. The monoisotopic (exact) mass is 494 g/mol. The molecular weight excluding hydrogens is 480 g/mol. The fourth-order valence-corrected chi connectivity index (χ4v) is 4.37. The van der Waals surface area contributed by atoms with Crippen molar-refractivity contribution in [2.45, 2.75) is 6.54 Å². The number of aromatic nitrogens is 7. The number of H-pyrrole nitrogens is 1. The third kappa shape index (κ3) is 3.38. The van der Waals surface area contributed by atoms with Gasteiger partial charge < -0.3 is 0 Å². The molecule has 4 heterocycles. The van der Waals surface area contributed by atoms with Crippen molar-refractivity contribution in [1.82, 2.24) is 34.0 Å². The van der Waals surface area contributed by atoms with Gasteiger partial charge in [0.05, 0.1) is 18.2 Å². The van der Waals surface area contributed by atoms with Crippen LogP contribution < -0.4 is 11.4 Å². The van der Waals surface area contributed by atoms with E-state index < -0.39 is 11.4 Å². The molecule has 6 rings (SSSR count). The summed E-state index contributed by atoms with van der Waals surface area (Å²) in [6.07, 6.45) is 3.29. The minimum atomic E-state index is -0.577. The molecule has 1 N–H and O–H groups in total. The van der Waals surface area contributed by atoms with Crippen molar-refractivity contribution >= 4 is 22.9 Å². The Hall–Kier alpha value is -5.01. The van der Waals surface area contributed by atoms with E-state index >= 15 is 0 Å². The Morgan fingerprint density at radius 2 is 1.53 bits per heavy atom. The summed E-state index contributed by atoms with van der Waals surface area (Å²) in [4.78, 5) is 30.5. The SMILES string of the molecule is N#Cc1ccc(Cn2nc3c(-c4ccncc4)c(-c4ccc(Cl)cc4)c4n[nH]c(=O)n4n3c2=O)cc1. The van der Waals surface area contributed by atoms with Crippen LogP contribution >= 0.6 is 11.6 Å². The van der Waals surface area contributed by atoms with Gasteiger partial charge >= 0.3 is 11.4 Å². The van der Waals surface area contributed by atoms with E-state index in [-0.39, 0.29) is 17.8 Å². The van der Waals surface area contributed by atoms with Crippen LogP contribution in [0.15, 0.2) is 82.6 Å². The van der Waals surface area contributed by atoms with Gasteiger partial charge in [0, 0.05) is 28.5 Å². The molecule has 0 saturated heterocycles. The third-order valence-electron chi connectivity index (χ3n) is 5.88. The molecule has 0 fully saturated rings. The second-order valence-electron chi connectivity index (χ2n) is 8.04. The first-order valence-electron chi connectivity index (χ1n) is 10.8. The number of halogens is 1. The largest absolute Gasteiger partial charge is 0.366 e. The van der Waals surface area contributed by atoms with Gasteiger partial charge in [-0.3, -0.25) is 4.98 Å². The van der Waals surface area contributed by atoms with Crippen LogP contribution in [0, 0.1) is 11.3 Å². The zero-order chi connectivity index (χ0) is 24.8. The summed E-state index contributed by atoms with van der Waals surface area (Å²) < 4.78 is 3.69. The molecule has 174 valence electrons. The molecule has 0 aliphatic rings. The molecule has 4 aromatic heterocycles. The summed E-state index contributed by atoms with van der Waals surface area (Å²) in [5.74, 6) is 0. The molecule has 0 radical (unpaired) electrons. The summed E-state index contributed by atoms with van der Waals surface area (Å²) in [5, 5.41) is 21.0. The molecule has 6 aromatic rings. The van der Waals surface area contributed by atoms with Crippen LogP contribution in [0.25, 0.3) is 33.5 Å². The lowest BCUT2D eigenvalue weighted by Crippen LogP contribution is -2.28. The van der Waals surface area contributed by atoms with E-state index in [4.69, 9.17) is 16.9 Å². The summed E-state index contributed by atoms with van der Waals surface area (Å²) >= 11 is 6.13. The van der Waals surface area contributed by atoms with Crippen molar-refractivity contribution in [3.63, 3.8) is 0 Å². The predicted molar refractivity (Wildman–Crippen MR) is 133 cm³/mol. The summed E-state index contributed by atoms with van der Waals surface area (Å²) in [6, 6.07) is 19.7. The van der Waals surface area contributed by atoms with E-state index in [9.17, 15) is 9.59 Å². The highest BCUT2D eigenvalue weighted by molar-refractivity contribution is 6.30. The lowest BCUT2D eigenvalue weighted by Gasteiger charge is -2.12. The van der Waals surface area contributed by atoms with Gasteiger partial charge in [-0.2, -0.15) is 19.4 Å². The molecule has 0 amide bonds. The summed E-state index contributed by atoms with van der Waals surface area (Å²) in [5.41, 5.74) is 3.45. The van der Waals surface area contributed by atoms with Gasteiger partial charge in [0.25, 0.3) is 0 Å². The maximum absolute atomic E-state index is 13.6. The molecule has 10 nitrogen and oxygen atoms in total. The lowest BCUT2D eigenvalue weighted by molar-refractivity contribution is 0.641. The molecule has 0 bridgehead atoms. The number of aromatic amines is 1. The van der Waals surface area contributed by atoms with Crippen molar-refractivity contribution in [1.29, 1.82) is 5.26 Å². The first-order chi connectivity index (χ1) is 17.5. The van der Waals surface area contributed by atoms with E-state index in [1.54, 1.807) is 60.9 Å². The van der Waals surface area contributed by atoms with Gasteiger partial charge in [-0.1, -0.05) is 35.9 Å². The number of hydrogen-bond donors (Lipinski definition) is 1. The highest BCUT2D eigenvalue weighted by Gasteiger charge is 2.25. The minimum Gasteiger partial charge on any atom is -0.265 e. The Morgan fingerprint density at radius 1 is 0.861 bits per heavy atom. The molecule has 0 aliphatic heterocycles. The number of nitrogens with one attached hydrogen (secondary N) is 1. The maximum Gasteiger partial charge on any atom is 0.366 e. The van der Waals surface area contributed by atoms with Gasteiger partial charge in [0.15, 0.2) is 11.3 Å². The maximum atomic E-state index is 13.6. The van der Waals surface area contributed by atoms with E-state index in [0.29, 0.717) is 21.7 Å². The standard InChI is InChI=1S/C25H15ClN8O2/c26-19-7-5-17(6-8-19)20-21(18-9-11-28-12-10-18)23-31-32(14-16-3-1-15(13-27)2-4-16)25(36)34(23)33-22(20)29-30-24(33)35/h1-12H,14H2,(H,30,35). The van der Waals surface area contributed by atoms with Crippen LogP contribution in [0.4, 0.5) is 0 Å². The smallest absolute Gasteiger partial charge is 0.265 e. The van der Waals surface area contributed by atoms with Crippen LogP contribution in [0.5, 0.6) is 0 Å². The van der Waals surface area contributed by atoms with Crippen molar-refractivity contribution in [2.75, 3.05) is 0 Å². The zero-order valence-electron chi connectivity index (χ0n) is 18.5. The van der Waals surface area contributed by atoms with Crippen molar-refractivity contribution in [3.05, 3.63) is 110 Å². The number of hydrogen-bond acceptors (Lipinski definition) is 6. The van der Waals surface area contributed by atoms with Crippen molar-refractivity contribution in [3.8, 4) is 28.3 Å². The van der Waals surface area contributed by atoms with Gasteiger partial charge in [0.1, 0.15) is 0 Å². The Labute approximate surface area is 207 Å². The Kier molecular flexibility index (Phi) is 4.98. The second-order valence-corrected chi connectivity index (χ2v) is 8.48. The van der Waals surface area contributed by atoms with Gasteiger partial charge in [-0.25, -0.2) is 19.4 Å². The van der Waals surface area contributed by atoms with E-state index in [1.165, 1.54) is 13.7 Å². The molecule has 0 atom stereocenters. The molecular formula is C25H15ClN8O2. The summed E-state index contributed by atoms with van der Waals surface area (Å²) in [6.45, 7) is 0.145. The Bertz CT molecular complexity index is 1910. The van der Waals surface area contributed by atoms with Gasteiger partial charge in [-0.15, -0.1) is 5.10 Å². The number of pyridine rings is 1. The fraction of sp³-hybridized carbons (Fsp3) is 0.0400. The van der Waals surface area contributed by atoms with E-state index in [2.05, 4.69) is 26.3 Å². The lowest BCUT2D eigenvalue weighted by atomic mass is 9.97. The molecule has 36 heavy (non-hydrogen) atoms. The average molecular weight is 495 g/mol. The van der Waals surface area contributed by atoms with E-state index in [1.807, 2.05) is 12.1 Å².